The zero-order valence-corrected chi connectivity index (χ0v) is 15.7. The van der Waals surface area contributed by atoms with E-state index in [0.29, 0.717) is 18.3 Å². The minimum atomic E-state index is -0.697. The summed E-state index contributed by atoms with van der Waals surface area (Å²) in [5.41, 5.74) is 0.566. The first-order valence-corrected chi connectivity index (χ1v) is 8.88. The normalized spacial score (nSPS) is 21.5. The summed E-state index contributed by atoms with van der Waals surface area (Å²) < 4.78 is 11.5. The van der Waals surface area contributed by atoms with Crippen LogP contribution in [0.25, 0.3) is 0 Å². The summed E-state index contributed by atoms with van der Waals surface area (Å²) in [5.74, 6) is 0.750. The van der Waals surface area contributed by atoms with Crippen LogP contribution in [0.5, 0.6) is 0 Å². The Morgan fingerprint density at radius 2 is 2.04 bits per heavy atom. The molecule has 1 aliphatic heterocycles. The van der Waals surface area contributed by atoms with Crippen LogP contribution in [0.1, 0.15) is 51.1 Å². The highest BCUT2D eigenvalue weighted by atomic mass is 16.5. The SMILES string of the molecule is CC(=O)NC(C)(C)c1noc([C@H]2CN(Cc3ccccc3)C[C@@H](C)O2)n1. The number of rotatable bonds is 5. The van der Waals surface area contributed by atoms with E-state index in [1.165, 1.54) is 12.5 Å². The average Bonchev–Trinajstić information content (AvgIpc) is 3.05. The third-order valence-corrected chi connectivity index (χ3v) is 4.35. The van der Waals surface area contributed by atoms with E-state index in [2.05, 4.69) is 32.5 Å². The molecule has 0 spiro atoms. The first kappa shape index (κ1) is 18.5. The predicted octanol–water partition coefficient (Wildman–Crippen LogP) is 2.40. The van der Waals surface area contributed by atoms with Crippen molar-refractivity contribution in [2.45, 2.75) is 52.0 Å². The number of nitrogens with one attached hydrogen (secondary N) is 1. The van der Waals surface area contributed by atoms with Crippen LogP contribution >= 0.6 is 0 Å². The van der Waals surface area contributed by atoms with E-state index in [4.69, 9.17) is 9.26 Å². The standard InChI is InChI=1S/C19H26N4O3/c1-13-10-23(11-15-8-6-5-7-9-15)12-16(25-13)17-20-18(22-26-17)19(3,4)21-14(2)24/h5-9,13,16H,10-12H2,1-4H3,(H,21,24)/t13-,16-/m1/s1. The van der Waals surface area contributed by atoms with Gasteiger partial charge in [-0.2, -0.15) is 4.98 Å². The largest absolute Gasteiger partial charge is 0.363 e. The van der Waals surface area contributed by atoms with Crippen molar-refractivity contribution in [3.63, 3.8) is 0 Å². The predicted molar refractivity (Wildman–Crippen MR) is 96.1 cm³/mol. The molecule has 1 saturated heterocycles. The van der Waals surface area contributed by atoms with Crippen molar-refractivity contribution in [1.29, 1.82) is 0 Å². The Morgan fingerprint density at radius 1 is 1.31 bits per heavy atom. The lowest BCUT2D eigenvalue weighted by molar-refractivity contribution is -0.120. The van der Waals surface area contributed by atoms with E-state index in [0.717, 1.165) is 13.1 Å². The zero-order valence-electron chi connectivity index (χ0n) is 15.7. The maximum Gasteiger partial charge on any atom is 0.257 e. The molecule has 7 heteroatoms. The van der Waals surface area contributed by atoms with E-state index < -0.39 is 5.54 Å². The molecule has 0 aliphatic carbocycles. The van der Waals surface area contributed by atoms with Crippen molar-refractivity contribution >= 4 is 5.91 Å². The van der Waals surface area contributed by atoms with Crippen LogP contribution in [0, 0.1) is 0 Å². The van der Waals surface area contributed by atoms with Gasteiger partial charge in [-0.05, 0) is 26.3 Å². The van der Waals surface area contributed by atoms with E-state index in [1.807, 2.05) is 39.0 Å². The van der Waals surface area contributed by atoms with Crippen LogP contribution in [-0.2, 0) is 21.6 Å². The van der Waals surface area contributed by atoms with Crippen LogP contribution in [0.3, 0.4) is 0 Å². The molecule has 2 heterocycles. The summed E-state index contributed by atoms with van der Waals surface area (Å²) in [4.78, 5) is 18.2. The maximum atomic E-state index is 11.4. The van der Waals surface area contributed by atoms with Crippen molar-refractivity contribution in [3.8, 4) is 0 Å². The van der Waals surface area contributed by atoms with Gasteiger partial charge in [-0.25, -0.2) is 0 Å². The maximum absolute atomic E-state index is 11.4. The van der Waals surface area contributed by atoms with Crippen LogP contribution in [-0.4, -0.2) is 40.1 Å². The van der Waals surface area contributed by atoms with Gasteiger partial charge in [-0.3, -0.25) is 9.69 Å². The number of morpholine rings is 1. The molecule has 2 aromatic rings. The molecule has 1 aliphatic rings. The van der Waals surface area contributed by atoms with Crippen LogP contribution in [0.4, 0.5) is 0 Å². The van der Waals surface area contributed by atoms with Gasteiger partial charge >= 0.3 is 0 Å². The van der Waals surface area contributed by atoms with E-state index in [-0.39, 0.29) is 18.1 Å². The summed E-state index contributed by atoms with van der Waals surface area (Å²) in [7, 11) is 0. The van der Waals surface area contributed by atoms with Crippen molar-refractivity contribution in [3.05, 3.63) is 47.6 Å². The molecule has 1 amide bonds. The van der Waals surface area contributed by atoms with Gasteiger partial charge in [0.2, 0.25) is 5.91 Å². The smallest absolute Gasteiger partial charge is 0.257 e. The third-order valence-electron chi connectivity index (χ3n) is 4.35. The number of ether oxygens (including phenoxy) is 1. The molecule has 2 atom stereocenters. The van der Waals surface area contributed by atoms with Crippen LogP contribution < -0.4 is 5.32 Å². The molecule has 0 unspecified atom stereocenters. The summed E-state index contributed by atoms with van der Waals surface area (Å²) in [6, 6.07) is 10.4. The van der Waals surface area contributed by atoms with Crippen molar-refractivity contribution in [2.24, 2.45) is 0 Å². The summed E-state index contributed by atoms with van der Waals surface area (Å²) in [5, 5.41) is 6.88. The Hall–Kier alpha value is -2.25. The molecule has 1 N–H and O–H groups in total. The van der Waals surface area contributed by atoms with Gasteiger partial charge in [0.05, 0.1) is 11.6 Å². The van der Waals surface area contributed by atoms with Crippen molar-refractivity contribution in [2.75, 3.05) is 13.1 Å². The van der Waals surface area contributed by atoms with Crippen molar-refractivity contribution in [1.82, 2.24) is 20.4 Å². The van der Waals surface area contributed by atoms with Crippen LogP contribution in [0.15, 0.2) is 34.9 Å². The number of aromatic nitrogens is 2. The Balaban J connectivity index is 1.71. The molecule has 26 heavy (non-hydrogen) atoms. The fourth-order valence-corrected chi connectivity index (χ4v) is 3.26. The molecule has 7 nitrogen and oxygen atoms in total. The average molecular weight is 358 g/mol. The molecular formula is C19H26N4O3. The van der Waals surface area contributed by atoms with Crippen molar-refractivity contribution < 1.29 is 14.1 Å². The molecule has 0 radical (unpaired) electrons. The third kappa shape index (κ3) is 4.47. The second-order valence-corrected chi connectivity index (χ2v) is 7.38. The molecule has 1 aromatic carbocycles. The van der Waals surface area contributed by atoms with E-state index >= 15 is 0 Å². The number of hydrogen-bond acceptors (Lipinski definition) is 6. The quantitative estimate of drug-likeness (QED) is 0.884. The highest BCUT2D eigenvalue weighted by molar-refractivity contribution is 5.73. The lowest BCUT2D eigenvalue weighted by Gasteiger charge is -2.35. The Kier molecular flexibility index (Phi) is 5.38. The fourth-order valence-electron chi connectivity index (χ4n) is 3.26. The number of nitrogens with zero attached hydrogens (tertiary/aromatic N) is 3. The van der Waals surface area contributed by atoms with E-state index in [1.54, 1.807) is 0 Å². The number of amides is 1. The number of benzene rings is 1. The highest BCUT2D eigenvalue weighted by Crippen LogP contribution is 2.27. The van der Waals surface area contributed by atoms with Gasteiger partial charge in [0.15, 0.2) is 5.82 Å². The summed E-state index contributed by atoms with van der Waals surface area (Å²) >= 11 is 0. The number of carbonyl (C=O) groups is 1. The topological polar surface area (TPSA) is 80.5 Å². The Labute approximate surface area is 153 Å². The molecule has 0 bridgehead atoms. The number of carbonyl (C=O) groups excluding carboxylic acids is 1. The molecular weight excluding hydrogens is 332 g/mol. The van der Waals surface area contributed by atoms with Gasteiger partial charge in [0.25, 0.3) is 5.89 Å². The lowest BCUT2D eigenvalue weighted by Crippen LogP contribution is -2.42. The number of hydrogen-bond donors (Lipinski definition) is 1. The second kappa shape index (κ2) is 7.55. The zero-order chi connectivity index (χ0) is 18.7. The van der Waals surface area contributed by atoms with Crippen LogP contribution in [0.2, 0.25) is 0 Å². The Morgan fingerprint density at radius 3 is 2.73 bits per heavy atom. The second-order valence-electron chi connectivity index (χ2n) is 7.38. The minimum absolute atomic E-state index is 0.0659. The molecule has 140 valence electrons. The lowest BCUT2D eigenvalue weighted by atomic mass is 10.1. The molecule has 1 aromatic heterocycles. The van der Waals surface area contributed by atoms with Gasteiger partial charge in [-0.15, -0.1) is 0 Å². The molecule has 3 rings (SSSR count). The highest BCUT2D eigenvalue weighted by Gasteiger charge is 2.33. The molecule has 0 saturated carbocycles. The first-order valence-electron chi connectivity index (χ1n) is 8.88. The van der Waals surface area contributed by atoms with Gasteiger partial charge < -0.3 is 14.6 Å². The monoisotopic (exact) mass is 358 g/mol. The first-order chi connectivity index (χ1) is 12.3. The van der Waals surface area contributed by atoms with Gasteiger partial charge in [0, 0.05) is 26.6 Å². The van der Waals surface area contributed by atoms with Gasteiger partial charge in [0.1, 0.15) is 6.10 Å². The minimum Gasteiger partial charge on any atom is -0.363 e. The Bertz CT molecular complexity index is 744. The van der Waals surface area contributed by atoms with Gasteiger partial charge in [-0.1, -0.05) is 35.5 Å². The van der Waals surface area contributed by atoms with E-state index in [9.17, 15) is 4.79 Å². The summed E-state index contributed by atoms with van der Waals surface area (Å²) in [6.07, 6.45) is -0.215. The summed E-state index contributed by atoms with van der Waals surface area (Å²) in [6.45, 7) is 9.58. The molecule has 1 fully saturated rings. The fraction of sp³-hybridized carbons (Fsp3) is 0.526.